The van der Waals surface area contributed by atoms with Gasteiger partial charge in [-0.15, -0.1) is 0 Å². The van der Waals surface area contributed by atoms with E-state index < -0.39 is 10.0 Å². The molecule has 1 heterocycles. The lowest BCUT2D eigenvalue weighted by Crippen LogP contribution is -2.35. The minimum atomic E-state index is -3.74. The fourth-order valence-electron chi connectivity index (χ4n) is 3.94. The SMILES string of the molecule is CNS(=O)(=O)c1cc(C(=O)NC[C@@H]2CCCCN(Cc3ccccc3)C2)ccc1OC. The Morgan fingerprint density at radius 2 is 1.94 bits per heavy atom. The van der Waals surface area contributed by atoms with E-state index in [-0.39, 0.29) is 16.6 Å². The number of nitrogens with zero attached hydrogens (tertiary/aromatic N) is 1. The molecule has 2 N–H and O–H groups in total. The van der Waals surface area contributed by atoms with E-state index in [2.05, 4.69) is 39.2 Å². The summed E-state index contributed by atoms with van der Waals surface area (Å²) in [7, 11) is -1.01. The Bertz CT molecular complexity index is 980. The van der Waals surface area contributed by atoms with Gasteiger partial charge in [0.2, 0.25) is 10.0 Å². The maximum Gasteiger partial charge on any atom is 0.251 e. The zero-order valence-electron chi connectivity index (χ0n) is 18.1. The van der Waals surface area contributed by atoms with Crippen LogP contribution < -0.4 is 14.8 Å². The highest BCUT2D eigenvalue weighted by atomic mass is 32.2. The van der Waals surface area contributed by atoms with E-state index in [1.54, 1.807) is 6.07 Å². The smallest absolute Gasteiger partial charge is 0.251 e. The van der Waals surface area contributed by atoms with Crippen LogP contribution in [0.15, 0.2) is 53.4 Å². The normalized spacial score (nSPS) is 17.7. The van der Waals surface area contributed by atoms with Gasteiger partial charge in [-0.3, -0.25) is 9.69 Å². The van der Waals surface area contributed by atoms with Crippen LogP contribution in [0.4, 0.5) is 0 Å². The highest BCUT2D eigenvalue weighted by Gasteiger charge is 2.22. The van der Waals surface area contributed by atoms with Gasteiger partial charge >= 0.3 is 0 Å². The Balaban J connectivity index is 1.63. The molecule has 0 aliphatic carbocycles. The van der Waals surface area contributed by atoms with Crippen LogP contribution in [0.3, 0.4) is 0 Å². The lowest BCUT2D eigenvalue weighted by atomic mass is 10.0. The van der Waals surface area contributed by atoms with Gasteiger partial charge in [0, 0.05) is 25.2 Å². The topological polar surface area (TPSA) is 87.7 Å². The Kier molecular flexibility index (Phi) is 8.06. The summed E-state index contributed by atoms with van der Waals surface area (Å²) in [4.78, 5) is 15.1. The molecule has 0 spiro atoms. The zero-order valence-corrected chi connectivity index (χ0v) is 19.0. The summed E-state index contributed by atoms with van der Waals surface area (Å²) in [5, 5.41) is 2.99. The van der Waals surface area contributed by atoms with Crippen molar-refractivity contribution < 1.29 is 17.9 Å². The summed E-state index contributed by atoms with van der Waals surface area (Å²) in [5.74, 6) is 0.272. The molecule has 1 amide bonds. The molecular formula is C23H31N3O4S. The number of amides is 1. The second-order valence-corrected chi connectivity index (χ2v) is 9.72. The molecule has 3 rings (SSSR count). The van der Waals surface area contributed by atoms with E-state index >= 15 is 0 Å². The fourth-order valence-corrected chi connectivity index (χ4v) is 4.86. The largest absolute Gasteiger partial charge is 0.495 e. The minimum Gasteiger partial charge on any atom is -0.495 e. The van der Waals surface area contributed by atoms with Crippen LogP contribution in [0.2, 0.25) is 0 Å². The molecule has 1 aliphatic heterocycles. The molecule has 7 nitrogen and oxygen atoms in total. The van der Waals surface area contributed by atoms with Crippen LogP contribution in [0.5, 0.6) is 5.75 Å². The van der Waals surface area contributed by atoms with Gasteiger partial charge < -0.3 is 10.1 Å². The Hall–Kier alpha value is -2.42. The summed E-state index contributed by atoms with van der Waals surface area (Å²) in [6.07, 6.45) is 3.35. The Morgan fingerprint density at radius 3 is 2.65 bits per heavy atom. The van der Waals surface area contributed by atoms with Gasteiger partial charge in [-0.05, 0) is 56.1 Å². The molecule has 0 unspecified atom stereocenters. The Morgan fingerprint density at radius 1 is 1.16 bits per heavy atom. The number of ether oxygens (including phenoxy) is 1. The van der Waals surface area contributed by atoms with Crippen molar-refractivity contribution >= 4 is 15.9 Å². The average molecular weight is 446 g/mol. The molecule has 168 valence electrons. The molecule has 2 aromatic carbocycles. The third-order valence-corrected chi connectivity index (χ3v) is 7.07. The summed E-state index contributed by atoms with van der Waals surface area (Å²) < 4.78 is 31.9. The van der Waals surface area contributed by atoms with Gasteiger partial charge in [-0.2, -0.15) is 0 Å². The number of likely N-dealkylation sites (tertiary alicyclic amines) is 1. The third kappa shape index (κ3) is 6.29. The fraction of sp³-hybridized carbons (Fsp3) is 0.435. The third-order valence-electron chi connectivity index (χ3n) is 5.64. The van der Waals surface area contributed by atoms with Crippen LogP contribution in [0.1, 0.15) is 35.2 Å². The number of hydrogen-bond acceptors (Lipinski definition) is 5. The van der Waals surface area contributed by atoms with Crippen molar-refractivity contribution in [1.82, 2.24) is 14.9 Å². The van der Waals surface area contributed by atoms with Crippen LogP contribution in [-0.2, 0) is 16.6 Å². The number of hydrogen-bond donors (Lipinski definition) is 2. The van der Waals surface area contributed by atoms with E-state index in [4.69, 9.17) is 4.74 Å². The van der Waals surface area contributed by atoms with Gasteiger partial charge in [-0.25, -0.2) is 13.1 Å². The predicted octanol–water partition coefficient (Wildman–Crippen LogP) is 2.64. The molecule has 1 fully saturated rings. The van der Waals surface area contributed by atoms with Crippen LogP contribution in [0, 0.1) is 5.92 Å². The van der Waals surface area contributed by atoms with E-state index in [9.17, 15) is 13.2 Å². The van der Waals surface area contributed by atoms with Gasteiger partial charge in [-0.1, -0.05) is 36.8 Å². The van der Waals surface area contributed by atoms with E-state index in [1.807, 2.05) is 6.07 Å². The molecule has 1 saturated heterocycles. The molecule has 0 aromatic heterocycles. The van der Waals surface area contributed by atoms with Crippen LogP contribution in [0.25, 0.3) is 0 Å². The van der Waals surface area contributed by atoms with Crippen molar-refractivity contribution in [2.75, 3.05) is 33.8 Å². The van der Waals surface area contributed by atoms with Crippen LogP contribution >= 0.6 is 0 Å². The first-order valence-corrected chi connectivity index (χ1v) is 12.1. The maximum atomic E-state index is 12.7. The van der Waals surface area contributed by atoms with Gasteiger partial charge in [0.05, 0.1) is 7.11 Å². The van der Waals surface area contributed by atoms with Gasteiger partial charge in [0.15, 0.2) is 0 Å². The predicted molar refractivity (Wildman–Crippen MR) is 121 cm³/mol. The second-order valence-electron chi connectivity index (χ2n) is 7.87. The first-order chi connectivity index (χ1) is 14.9. The molecule has 0 radical (unpaired) electrons. The summed E-state index contributed by atoms with van der Waals surface area (Å²) in [6.45, 7) is 3.46. The van der Waals surface area contributed by atoms with Crippen molar-refractivity contribution in [3.05, 3.63) is 59.7 Å². The molecule has 0 saturated carbocycles. The van der Waals surface area contributed by atoms with Gasteiger partial charge in [0.25, 0.3) is 5.91 Å². The lowest BCUT2D eigenvalue weighted by molar-refractivity contribution is 0.0942. The van der Waals surface area contributed by atoms with Crippen molar-refractivity contribution in [2.24, 2.45) is 5.92 Å². The van der Waals surface area contributed by atoms with Crippen molar-refractivity contribution in [3.8, 4) is 5.75 Å². The van der Waals surface area contributed by atoms with E-state index in [1.165, 1.54) is 31.9 Å². The first-order valence-electron chi connectivity index (χ1n) is 10.6. The van der Waals surface area contributed by atoms with E-state index in [0.29, 0.717) is 18.0 Å². The van der Waals surface area contributed by atoms with E-state index in [0.717, 1.165) is 38.9 Å². The molecule has 2 aromatic rings. The van der Waals surface area contributed by atoms with Crippen molar-refractivity contribution in [1.29, 1.82) is 0 Å². The van der Waals surface area contributed by atoms with Crippen molar-refractivity contribution in [2.45, 2.75) is 30.7 Å². The molecule has 1 atom stereocenters. The number of carbonyl (C=O) groups is 1. The van der Waals surface area contributed by atoms with Crippen LogP contribution in [-0.4, -0.2) is 53.0 Å². The monoisotopic (exact) mass is 445 g/mol. The Labute approximate surface area is 184 Å². The quantitative estimate of drug-likeness (QED) is 0.652. The van der Waals surface area contributed by atoms with Gasteiger partial charge in [0.1, 0.15) is 10.6 Å². The molecule has 8 heteroatoms. The average Bonchev–Trinajstić information content (AvgIpc) is 3.02. The van der Waals surface area contributed by atoms with Crippen molar-refractivity contribution in [3.63, 3.8) is 0 Å². The minimum absolute atomic E-state index is 0.0475. The molecule has 1 aliphatic rings. The maximum absolute atomic E-state index is 12.7. The number of nitrogens with one attached hydrogen (secondary N) is 2. The number of rotatable bonds is 8. The number of carbonyl (C=O) groups excluding carboxylic acids is 1. The number of methoxy groups -OCH3 is 1. The first kappa shape index (κ1) is 23.2. The summed E-state index contributed by atoms with van der Waals surface area (Å²) in [6, 6.07) is 14.9. The number of sulfonamides is 1. The highest BCUT2D eigenvalue weighted by molar-refractivity contribution is 7.89. The standard InChI is InChI=1S/C23H31N3O4S/c1-24-31(28,29)22-14-20(11-12-21(22)30-2)23(27)25-15-19-10-6-7-13-26(17-19)16-18-8-4-3-5-9-18/h3-5,8-9,11-12,14,19,24H,6-7,10,13,15-17H2,1-2H3,(H,25,27)/t19-/m0/s1. The molecule has 31 heavy (non-hydrogen) atoms. The summed E-state index contributed by atoms with van der Waals surface area (Å²) >= 11 is 0. The molecule has 0 bridgehead atoms. The zero-order chi connectivity index (χ0) is 22.3. The lowest BCUT2D eigenvalue weighted by Gasteiger charge is -2.24. The highest BCUT2D eigenvalue weighted by Crippen LogP contribution is 2.25. The number of benzene rings is 2. The second kappa shape index (κ2) is 10.7. The summed E-state index contributed by atoms with van der Waals surface area (Å²) in [5.41, 5.74) is 1.59. The molecular weight excluding hydrogens is 414 g/mol.